The predicted molar refractivity (Wildman–Crippen MR) is 107 cm³/mol. The number of carbonyl (C=O) groups excluding carboxylic acids is 1. The van der Waals surface area contributed by atoms with Gasteiger partial charge in [-0.25, -0.2) is 18.1 Å². The molecule has 27 heavy (non-hydrogen) atoms. The van der Waals surface area contributed by atoms with Gasteiger partial charge in [0.05, 0.1) is 17.9 Å². The van der Waals surface area contributed by atoms with E-state index in [2.05, 4.69) is 28.1 Å². The van der Waals surface area contributed by atoms with E-state index in [-0.39, 0.29) is 24.1 Å². The van der Waals surface area contributed by atoms with Gasteiger partial charge in [-0.15, -0.1) is 0 Å². The highest BCUT2D eigenvalue weighted by Crippen LogP contribution is 2.21. The molecule has 0 radical (unpaired) electrons. The van der Waals surface area contributed by atoms with Gasteiger partial charge in [0.1, 0.15) is 0 Å². The van der Waals surface area contributed by atoms with Crippen LogP contribution in [0.3, 0.4) is 0 Å². The number of aromatic nitrogens is 1. The summed E-state index contributed by atoms with van der Waals surface area (Å²) < 4.78 is 27.6. The molecule has 1 saturated heterocycles. The number of hydrogen-bond donors (Lipinski definition) is 1. The lowest BCUT2D eigenvalue weighted by molar-refractivity contribution is -0.126. The largest absolute Gasteiger partial charge is 0.347 e. The Morgan fingerprint density at radius 1 is 1.33 bits per heavy atom. The second-order valence-electron chi connectivity index (χ2n) is 6.72. The van der Waals surface area contributed by atoms with E-state index in [0.29, 0.717) is 19.4 Å². The third-order valence-electron chi connectivity index (χ3n) is 5.05. The summed E-state index contributed by atoms with van der Waals surface area (Å²) in [5.41, 5.74) is 4.64. The Labute approximate surface area is 160 Å². The summed E-state index contributed by atoms with van der Waals surface area (Å²) in [4.78, 5) is 12.4. The number of hydrogen-bond acceptors (Lipinski definition) is 4. The number of para-hydroxylation sites is 1. The van der Waals surface area contributed by atoms with Gasteiger partial charge in [-0.2, -0.15) is 5.10 Å². The zero-order chi connectivity index (χ0) is 19.4. The van der Waals surface area contributed by atoms with Crippen molar-refractivity contribution < 1.29 is 13.2 Å². The number of nitrogens with one attached hydrogen (secondary N) is 1. The van der Waals surface area contributed by atoms with Gasteiger partial charge in [0.25, 0.3) is 0 Å². The lowest BCUT2D eigenvalue weighted by atomic mass is 9.99. The van der Waals surface area contributed by atoms with Gasteiger partial charge in [-0.1, -0.05) is 18.2 Å². The van der Waals surface area contributed by atoms with Crippen LogP contribution in [0.2, 0.25) is 0 Å². The van der Waals surface area contributed by atoms with Crippen molar-refractivity contribution in [3.05, 3.63) is 36.0 Å². The fourth-order valence-electron chi connectivity index (χ4n) is 3.49. The molecule has 1 atom stereocenters. The smallest absolute Gasteiger partial charge is 0.244 e. The number of carbonyl (C=O) groups is 1. The minimum absolute atomic E-state index is 0.0565. The summed E-state index contributed by atoms with van der Waals surface area (Å²) >= 11 is 0. The van der Waals surface area contributed by atoms with E-state index in [1.54, 1.807) is 13.1 Å². The summed E-state index contributed by atoms with van der Waals surface area (Å²) in [6.07, 6.45) is 5.02. The normalized spacial score (nSPS) is 19.0. The van der Waals surface area contributed by atoms with Crippen LogP contribution in [0.25, 0.3) is 10.9 Å². The van der Waals surface area contributed by atoms with Crippen LogP contribution in [-0.2, 0) is 21.4 Å². The molecule has 2 aromatic rings. The van der Waals surface area contributed by atoms with Crippen LogP contribution in [0.5, 0.6) is 0 Å². The molecule has 1 aliphatic heterocycles. The first-order valence-corrected chi connectivity index (χ1v) is 11.0. The van der Waals surface area contributed by atoms with Crippen molar-refractivity contribution in [2.24, 2.45) is 11.0 Å². The number of fused-ring (bicyclic) bond motifs is 1. The second kappa shape index (κ2) is 8.22. The average Bonchev–Trinajstić information content (AvgIpc) is 3.06. The first-order chi connectivity index (χ1) is 13.0. The van der Waals surface area contributed by atoms with Crippen LogP contribution < -0.4 is 5.43 Å². The Morgan fingerprint density at radius 3 is 2.85 bits per heavy atom. The monoisotopic (exact) mass is 390 g/mol. The maximum absolute atomic E-state index is 12.4. The topological polar surface area (TPSA) is 83.8 Å². The minimum Gasteiger partial charge on any atom is -0.347 e. The molecule has 0 aliphatic carbocycles. The zero-order valence-corrected chi connectivity index (χ0v) is 16.6. The highest BCUT2D eigenvalue weighted by molar-refractivity contribution is 7.89. The Balaban J connectivity index is 1.67. The van der Waals surface area contributed by atoms with Crippen LogP contribution in [0.4, 0.5) is 0 Å². The molecule has 2 heterocycles. The fraction of sp³-hybridized carbons (Fsp3) is 0.474. The summed E-state index contributed by atoms with van der Waals surface area (Å²) in [6.45, 7) is 5.27. The molecule has 7 nitrogen and oxygen atoms in total. The standard InChI is InChI=1S/C19H26N4O3S/c1-3-22-13-16(17-9-5-6-10-18(17)22)12-20-21-19(24)15-8-7-11-23(14-15)27(25,26)4-2/h5-6,9-10,12-13,15H,3-4,7-8,11,14H2,1-2H3,(H,21,24)/b20-12-/t15-/m0/s1. The van der Waals surface area contributed by atoms with Crippen molar-refractivity contribution in [3.63, 3.8) is 0 Å². The third kappa shape index (κ3) is 4.22. The SMILES string of the molecule is CCn1cc(/C=N\NC(=O)[C@H]2CCCN(S(=O)(=O)CC)C2)c2ccccc21. The van der Waals surface area contributed by atoms with E-state index in [1.165, 1.54) is 4.31 Å². The molecule has 1 fully saturated rings. The zero-order valence-electron chi connectivity index (χ0n) is 15.8. The minimum atomic E-state index is -3.26. The van der Waals surface area contributed by atoms with Gasteiger partial charge in [0, 0.05) is 42.3 Å². The van der Waals surface area contributed by atoms with Crippen LogP contribution in [0, 0.1) is 5.92 Å². The second-order valence-corrected chi connectivity index (χ2v) is 8.98. The van der Waals surface area contributed by atoms with Gasteiger partial charge in [0.2, 0.25) is 15.9 Å². The Kier molecular flexibility index (Phi) is 5.96. The van der Waals surface area contributed by atoms with Gasteiger partial charge < -0.3 is 4.57 Å². The van der Waals surface area contributed by atoms with Crippen LogP contribution in [0.1, 0.15) is 32.3 Å². The Morgan fingerprint density at radius 2 is 2.11 bits per heavy atom. The maximum atomic E-state index is 12.4. The highest BCUT2D eigenvalue weighted by atomic mass is 32.2. The number of nitrogens with zero attached hydrogens (tertiary/aromatic N) is 3. The molecular formula is C19H26N4O3S. The number of amides is 1. The Hall–Kier alpha value is -2.19. The molecule has 0 bridgehead atoms. The molecule has 1 N–H and O–H groups in total. The van der Waals surface area contributed by atoms with Crippen LogP contribution in [-0.4, -0.2) is 48.3 Å². The number of sulfonamides is 1. The van der Waals surface area contributed by atoms with Crippen molar-refractivity contribution in [1.82, 2.24) is 14.3 Å². The fourth-order valence-corrected chi connectivity index (χ4v) is 4.67. The van der Waals surface area contributed by atoms with E-state index in [9.17, 15) is 13.2 Å². The molecule has 0 spiro atoms. The lowest BCUT2D eigenvalue weighted by Crippen LogP contribution is -2.45. The van der Waals surface area contributed by atoms with Gasteiger partial charge >= 0.3 is 0 Å². The first-order valence-electron chi connectivity index (χ1n) is 9.35. The molecule has 1 aromatic carbocycles. The number of aryl methyl sites for hydroxylation is 1. The number of rotatable bonds is 6. The summed E-state index contributed by atoms with van der Waals surface area (Å²) in [5.74, 6) is -0.545. The van der Waals surface area contributed by atoms with Crippen molar-refractivity contribution >= 4 is 33.0 Å². The van der Waals surface area contributed by atoms with E-state index < -0.39 is 10.0 Å². The lowest BCUT2D eigenvalue weighted by Gasteiger charge is -2.30. The van der Waals surface area contributed by atoms with Crippen LogP contribution >= 0.6 is 0 Å². The molecular weight excluding hydrogens is 364 g/mol. The van der Waals surface area contributed by atoms with Gasteiger partial charge in [-0.05, 0) is 32.8 Å². The maximum Gasteiger partial charge on any atom is 0.244 e. The molecule has 8 heteroatoms. The molecule has 146 valence electrons. The van der Waals surface area contributed by atoms with Gasteiger partial charge in [0.15, 0.2) is 0 Å². The summed E-state index contributed by atoms with van der Waals surface area (Å²) in [5, 5.41) is 5.19. The van der Waals surface area contributed by atoms with E-state index in [1.807, 2.05) is 24.4 Å². The molecule has 1 aliphatic rings. The number of hydrazone groups is 1. The molecule has 0 unspecified atom stereocenters. The molecule has 0 saturated carbocycles. The first kappa shape index (κ1) is 19.6. The van der Waals surface area contributed by atoms with Crippen molar-refractivity contribution in [3.8, 4) is 0 Å². The van der Waals surface area contributed by atoms with Crippen molar-refractivity contribution in [2.75, 3.05) is 18.8 Å². The summed E-state index contributed by atoms with van der Waals surface area (Å²) in [7, 11) is -3.26. The van der Waals surface area contributed by atoms with E-state index in [0.717, 1.165) is 23.0 Å². The van der Waals surface area contributed by atoms with E-state index in [4.69, 9.17) is 0 Å². The quantitative estimate of drug-likeness (QED) is 0.606. The third-order valence-corrected chi connectivity index (χ3v) is 6.90. The molecule has 3 rings (SSSR count). The summed E-state index contributed by atoms with van der Waals surface area (Å²) in [6, 6.07) is 8.05. The molecule has 1 amide bonds. The van der Waals surface area contributed by atoms with E-state index >= 15 is 0 Å². The van der Waals surface area contributed by atoms with Crippen molar-refractivity contribution in [1.29, 1.82) is 0 Å². The Bertz CT molecular complexity index is 949. The van der Waals surface area contributed by atoms with Crippen LogP contribution in [0.15, 0.2) is 35.6 Å². The predicted octanol–water partition coefficient (Wildman–Crippen LogP) is 2.17. The number of piperidine rings is 1. The highest BCUT2D eigenvalue weighted by Gasteiger charge is 2.31. The number of benzene rings is 1. The van der Waals surface area contributed by atoms with Gasteiger partial charge in [-0.3, -0.25) is 4.79 Å². The van der Waals surface area contributed by atoms with Crippen molar-refractivity contribution in [2.45, 2.75) is 33.2 Å². The molecule has 1 aromatic heterocycles. The average molecular weight is 391 g/mol.